The zero-order chi connectivity index (χ0) is 26.8. The lowest BCUT2D eigenvalue weighted by molar-refractivity contribution is 0.476. The van der Waals surface area contributed by atoms with Gasteiger partial charge in [0.1, 0.15) is 0 Å². The number of hydrazine groups is 1. The third kappa shape index (κ3) is 13.3. The van der Waals surface area contributed by atoms with Crippen LogP contribution in [0.15, 0.2) is 119 Å². The minimum Gasteiger partial charge on any atom is -0.397 e. The maximum atomic E-state index is 5.49. The molecule has 0 aliphatic carbocycles. The molecule has 0 aliphatic rings. The molecule has 0 radical (unpaired) electrons. The molecule has 190 valence electrons. The predicted molar refractivity (Wildman–Crippen MR) is 157 cm³/mol. The van der Waals surface area contributed by atoms with Crippen molar-refractivity contribution in [3.8, 4) is 0 Å². The summed E-state index contributed by atoms with van der Waals surface area (Å²) >= 11 is 1.72. The largest absolute Gasteiger partial charge is 0.397 e. The Kier molecular flexibility index (Phi) is 16.5. The van der Waals surface area contributed by atoms with E-state index < -0.39 is 0 Å². The van der Waals surface area contributed by atoms with E-state index in [2.05, 4.69) is 75.0 Å². The highest BCUT2D eigenvalue weighted by Crippen LogP contribution is 2.28. The summed E-state index contributed by atoms with van der Waals surface area (Å²) in [5, 5.41) is 6.51. The summed E-state index contributed by atoms with van der Waals surface area (Å²) < 4.78 is 0. The first-order valence-electron chi connectivity index (χ1n) is 11.6. The van der Waals surface area contributed by atoms with Crippen LogP contribution in [0.25, 0.3) is 0 Å². The summed E-state index contributed by atoms with van der Waals surface area (Å²) in [6, 6.07) is 8.66. The van der Waals surface area contributed by atoms with E-state index in [1.165, 1.54) is 10.5 Å². The number of thioether (sulfide) groups is 1. The molecule has 0 aliphatic heterocycles. The molecule has 5 nitrogen and oxygen atoms in total. The maximum Gasteiger partial charge on any atom is 0.0648 e. The quantitative estimate of drug-likeness (QED) is 0.0670. The van der Waals surface area contributed by atoms with Crippen molar-refractivity contribution < 1.29 is 0 Å². The second-order valence-corrected chi connectivity index (χ2v) is 9.05. The Morgan fingerprint density at radius 3 is 2.26 bits per heavy atom. The second-order valence-electron chi connectivity index (χ2n) is 7.73. The standard InChI is InChI=1S/C23H30N2S.C6H13N3/c1-8-11-12-19(5)25(24-21(7)18(4)9-2)17-20(6)26-23-15-13-22(10-3)14-16-23;1-3-5(2)6(7)4-9-8/h8-9,13-17H,1-2,4-5,10-12H2,3,6-7H3;3-4,9H,7-8H2,1-2H3/b20-17+,24-21+;5-3+,6-4-. The van der Waals surface area contributed by atoms with Crippen molar-refractivity contribution in [2.24, 2.45) is 16.7 Å². The fourth-order valence-electron chi connectivity index (χ4n) is 2.50. The van der Waals surface area contributed by atoms with Crippen molar-refractivity contribution in [2.75, 3.05) is 0 Å². The van der Waals surface area contributed by atoms with Gasteiger partial charge < -0.3 is 11.2 Å². The van der Waals surface area contributed by atoms with Crippen LogP contribution in [0.4, 0.5) is 0 Å². The molecule has 0 bridgehead atoms. The van der Waals surface area contributed by atoms with E-state index in [0.29, 0.717) is 5.70 Å². The van der Waals surface area contributed by atoms with E-state index in [9.17, 15) is 0 Å². The first-order chi connectivity index (χ1) is 16.6. The molecule has 0 spiro atoms. The van der Waals surface area contributed by atoms with Crippen molar-refractivity contribution in [3.05, 3.63) is 114 Å². The maximum absolute atomic E-state index is 5.49. The number of nitrogens with two attached hydrogens (primary N) is 2. The van der Waals surface area contributed by atoms with Gasteiger partial charge in [-0.15, -0.1) is 6.58 Å². The van der Waals surface area contributed by atoms with E-state index in [4.69, 9.17) is 11.6 Å². The van der Waals surface area contributed by atoms with Crippen LogP contribution in [0.1, 0.15) is 53.0 Å². The fraction of sp³-hybridized carbons (Fsp3) is 0.276. The molecular formula is C29H43N5S. The summed E-state index contributed by atoms with van der Waals surface area (Å²) in [5.74, 6) is 4.99. The second kappa shape index (κ2) is 18.2. The Balaban J connectivity index is 0.00000109. The Hall–Kier alpha value is -3.22. The van der Waals surface area contributed by atoms with Gasteiger partial charge in [0, 0.05) is 27.9 Å². The number of allylic oxidation sites excluding steroid dienone is 7. The summed E-state index contributed by atoms with van der Waals surface area (Å²) in [7, 11) is 0. The highest BCUT2D eigenvalue weighted by Gasteiger charge is 2.07. The number of hydrogen-bond donors (Lipinski definition) is 3. The van der Waals surface area contributed by atoms with Crippen LogP contribution < -0.4 is 17.0 Å². The lowest BCUT2D eigenvalue weighted by Gasteiger charge is -2.19. The SMILES string of the molecule is C/C=C(C)/C(N)=C/NN.C=CCCC(=C)N(/C=C(\C)Sc1ccc(CC)cc1)/N=C(\C)C(=C)C=C. The van der Waals surface area contributed by atoms with Crippen molar-refractivity contribution in [3.63, 3.8) is 0 Å². The highest BCUT2D eigenvalue weighted by molar-refractivity contribution is 8.03. The molecule has 1 rings (SSSR count). The first kappa shape index (κ1) is 31.8. The van der Waals surface area contributed by atoms with Crippen molar-refractivity contribution in [1.82, 2.24) is 10.4 Å². The Morgan fingerprint density at radius 1 is 1.14 bits per heavy atom. The predicted octanol–water partition coefficient (Wildman–Crippen LogP) is 7.32. The summed E-state index contributed by atoms with van der Waals surface area (Å²) in [6.45, 7) is 25.7. The summed E-state index contributed by atoms with van der Waals surface area (Å²) in [4.78, 5) is 2.35. The number of hydrazone groups is 1. The van der Waals surface area contributed by atoms with Gasteiger partial charge in [0.2, 0.25) is 0 Å². The van der Waals surface area contributed by atoms with E-state index in [0.717, 1.165) is 46.7 Å². The monoisotopic (exact) mass is 493 g/mol. The molecule has 35 heavy (non-hydrogen) atoms. The molecule has 0 atom stereocenters. The summed E-state index contributed by atoms with van der Waals surface area (Å²) in [5.41, 5.74) is 13.4. The molecular weight excluding hydrogens is 450 g/mol. The number of aryl methyl sites for hydroxylation is 1. The van der Waals surface area contributed by atoms with Crippen molar-refractivity contribution >= 4 is 17.5 Å². The number of benzene rings is 1. The van der Waals surface area contributed by atoms with Crippen LogP contribution in [0.5, 0.6) is 0 Å². The molecule has 5 N–H and O–H groups in total. The van der Waals surface area contributed by atoms with Gasteiger partial charge in [-0.05, 0) is 75.8 Å². The third-order valence-electron chi connectivity index (χ3n) is 4.97. The lowest BCUT2D eigenvalue weighted by Crippen LogP contribution is -2.16. The number of nitrogens with one attached hydrogen (secondary N) is 1. The van der Waals surface area contributed by atoms with Crippen LogP contribution in [0, 0.1) is 0 Å². The van der Waals surface area contributed by atoms with E-state index >= 15 is 0 Å². The van der Waals surface area contributed by atoms with Crippen LogP contribution in [-0.2, 0) is 6.42 Å². The molecule has 1 aromatic carbocycles. The van der Waals surface area contributed by atoms with Gasteiger partial charge >= 0.3 is 0 Å². The van der Waals surface area contributed by atoms with E-state index in [-0.39, 0.29) is 0 Å². The van der Waals surface area contributed by atoms with Gasteiger partial charge in [0.25, 0.3) is 0 Å². The topological polar surface area (TPSA) is 79.7 Å². The van der Waals surface area contributed by atoms with Crippen LogP contribution in [0.2, 0.25) is 0 Å². The molecule has 0 saturated carbocycles. The smallest absolute Gasteiger partial charge is 0.0648 e. The van der Waals surface area contributed by atoms with Gasteiger partial charge in [-0.1, -0.05) is 68.8 Å². The van der Waals surface area contributed by atoms with Gasteiger partial charge in [-0.25, -0.2) is 5.01 Å². The molecule has 1 aromatic rings. The van der Waals surface area contributed by atoms with Gasteiger partial charge in [0.05, 0.1) is 11.4 Å². The van der Waals surface area contributed by atoms with Crippen LogP contribution in [-0.4, -0.2) is 10.7 Å². The van der Waals surface area contributed by atoms with Crippen molar-refractivity contribution in [2.45, 2.75) is 58.8 Å². The normalized spacial score (nSPS) is 12.3. The molecule has 0 aromatic heterocycles. The van der Waals surface area contributed by atoms with Gasteiger partial charge in [0.15, 0.2) is 0 Å². The Bertz CT molecular complexity index is 965. The third-order valence-corrected chi connectivity index (χ3v) is 5.91. The zero-order valence-corrected chi connectivity index (χ0v) is 22.9. The number of nitrogens with zero attached hydrogens (tertiary/aromatic N) is 2. The number of hydrogen-bond acceptors (Lipinski definition) is 6. The average molecular weight is 494 g/mol. The zero-order valence-electron chi connectivity index (χ0n) is 22.1. The molecule has 0 fully saturated rings. The van der Waals surface area contributed by atoms with Crippen LogP contribution >= 0.6 is 11.8 Å². The Morgan fingerprint density at radius 2 is 1.77 bits per heavy atom. The average Bonchev–Trinajstić information content (AvgIpc) is 2.86. The van der Waals surface area contributed by atoms with E-state index in [1.807, 2.05) is 44.1 Å². The molecule has 0 saturated heterocycles. The minimum absolute atomic E-state index is 0.667. The van der Waals surface area contributed by atoms with Gasteiger partial charge in [-0.2, -0.15) is 5.10 Å². The van der Waals surface area contributed by atoms with Gasteiger partial charge in [-0.3, -0.25) is 5.84 Å². The molecule has 0 heterocycles. The van der Waals surface area contributed by atoms with E-state index in [1.54, 1.807) is 24.0 Å². The fourth-order valence-corrected chi connectivity index (χ4v) is 3.29. The number of rotatable bonds is 13. The molecule has 0 amide bonds. The minimum atomic E-state index is 0.667. The lowest BCUT2D eigenvalue weighted by atomic mass is 10.2. The highest BCUT2D eigenvalue weighted by atomic mass is 32.2. The Labute approximate surface area is 217 Å². The van der Waals surface area contributed by atoms with Crippen LogP contribution in [0.3, 0.4) is 0 Å². The molecule has 0 unspecified atom stereocenters. The molecule has 6 heteroatoms. The van der Waals surface area contributed by atoms with Crippen molar-refractivity contribution in [1.29, 1.82) is 0 Å². The first-order valence-corrected chi connectivity index (χ1v) is 12.4. The summed E-state index contributed by atoms with van der Waals surface area (Å²) in [6.07, 6.45) is 11.8.